The van der Waals surface area contributed by atoms with E-state index in [0.29, 0.717) is 0 Å². The van der Waals surface area contributed by atoms with Gasteiger partial charge in [-0.25, -0.2) is 4.98 Å². The second-order valence-electron chi connectivity index (χ2n) is 2.96. The van der Waals surface area contributed by atoms with Crippen molar-refractivity contribution in [3.8, 4) is 0 Å². The van der Waals surface area contributed by atoms with Crippen LogP contribution < -0.4 is 10.2 Å². The summed E-state index contributed by atoms with van der Waals surface area (Å²) in [6.07, 6.45) is 1.82. The summed E-state index contributed by atoms with van der Waals surface area (Å²) in [7, 11) is 2.06. The van der Waals surface area contributed by atoms with Gasteiger partial charge in [0.25, 0.3) is 0 Å². The molecule has 1 rings (SSSR count). The summed E-state index contributed by atoms with van der Waals surface area (Å²) in [6.45, 7) is 5.13. The third kappa shape index (κ3) is 3.42. The van der Waals surface area contributed by atoms with Crippen LogP contribution in [0, 0.1) is 0 Å². The normalized spacial score (nSPS) is 10.0. The smallest absolute Gasteiger partial charge is 0.128 e. The summed E-state index contributed by atoms with van der Waals surface area (Å²) >= 11 is 0. The molecule has 0 amide bonds. The minimum atomic E-state index is 0.991. The fraction of sp³-hybridized carbons (Fsp3) is 0.500. The average Bonchev–Trinajstić information content (AvgIpc) is 2.19. The minimum Gasteiger partial charge on any atom is -0.358 e. The van der Waals surface area contributed by atoms with Crippen molar-refractivity contribution in [3.63, 3.8) is 0 Å². The summed E-state index contributed by atoms with van der Waals surface area (Å²) < 4.78 is 0. The molecule has 13 heavy (non-hydrogen) atoms. The molecule has 1 aromatic rings. The first-order chi connectivity index (χ1) is 6.34. The number of pyridine rings is 1. The van der Waals surface area contributed by atoms with Crippen molar-refractivity contribution in [2.75, 3.05) is 31.6 Å². The first kappa shape index (κ1) is 9.99. The Bertz CT molecular complexity index is 223. The maximum absolute atomic E-state index is 4.26. The Kier molecular flexibility index (Phi) is 4.26. The van der Waals surface area contributed by atoms with Gasteiger partial charge in [0.1, 0.15) is 5.82 Å². The summed E-state index contributed by atoms with van der Waals surface area (Å²) in [5.74, 6) is 1.03. The zero-order chi connectivity index (χ0) is 9.52. The molecule has 1 aromatic heterocycles. The Hall–Kier alpha value is -1.09. The van der Waals surface area contributed by atoms with Crippen molar-refractivity contribution < 1.29 is 0 Å². The lowest BCUT2D eigenvalue weighted by atomic mass is 10.4. The molecule has 72 valence electrons. The average molecular weight is 179 g/mol. The highest BCUT2D eigenvalue weighted by Gasteiger charge is 1.98. The van der Waals surface area contributed by atoms with Crippen LogP contribution in [0.4, 0.5) is 5.82 Å². The molecule has 0 aliphatic carbocycles. The van der Waals surface area contributed by atoms with Crippen LogP contribution in [0.25, 0.3) is 0 Å². The number of nitrogens with one attached hydrogen (secondary N) is 1. The van der Waals surface area contributed by atoms with E-state index in [2.05, 4.69) is 29.2 Å². The Balaban J connectivity index is 2.35. The predicted octanol–water partition coefficient (Wildman–Crippen LogP) is 1.13. The second kappa shape index (κ2) is 5.54. The molecule has 0 unspecified atom stereocenters. The molecular weight excluding hydrogens is 162 g/mol. The van der Waals surface area contributed by atoms with Crippen LogP contribution >= 0.6 is 0 Å². The van der Waals surface area contributed by atoms with Crippen molar-refractivity contribution in [1.29, 1.82) is 0 Å². The van der Waals surface area contributed by atoms with E-state index in [1.54, 1.807) is 0 Å². The minimum absolute atomic E-state index is 0.991. The van der Waals surface area contributed by atoms with Gasteiger partial charge in [-0.3, -0.25) is 0 Å². The molecule has 3 heteroatoms. The van der Waals surface area contributed by atoms with E-state index in [4.69, 9.17) is 0 Å². The van der Waals surface area contributed by atoms with E-state index in [1.165, 1.54) is 0 Å². The van der Waals surface area contributed by atoms with E-state index in [0.717, 1.165) is 25.5 Å². The number of hydrogen-bond donors (Lipinski definition) is 1. The third-order valence-corrected chi connectivity index (χ3v) is 1.91. The van der Waals surface area contributed by atoms with E-state index < -0.39 is 0 Å². The fourth-order valence-electron chi connectivity index (χ4n) is 1.12. The molecule has 0 fully saturated rings. The Labute approximate surface area is 79.8 Å². The zero-order valence-electron chi connectivity index (χ0n) is 8.33. The molecule has 0 aliphatic heterocycles. The van der Waals surface area contributed by atoms with E-state index in [9.17, 15) is 0 Å². The van der Waals surface area contributed by atoms with Gasteiger partial charge in [0.05, 0.1) is 0 Å². The first-order valence-corrected chi connectivity index (χ1v) is 4.67. The van der Waals surface area contributed by atoms with E-state index >= 15 is 0 Å². The topological polar surface area (TPSA) is 28.2 Å². The van der Waals surface area contributed by atoms with Gasteiger partial charge in [0.2, 0.25) is 0 Å². The Morgan fingerprint density at radius 2 is 2.31 bits per heavy atom. The standard InChI is InChI=1S/C10H17N3/c1-3-11-8-9-13(2)10-6-4-5-7-12-10/h4-7,11H,3,8-9H2,1-2H3. The first-order valence-electron chi connectivity index (χ1n) is 4.67. The molecule has 0 radical (unpaired) electrons. The lowest BCUT2D eigenvalue weighted by Crippen LogP contribution is -2.29. The summed E-state index contributed by atoms with van der Waals surface area (Å²) in [6, 6.07) is 5.96. The molecule has 0 saturated carbocycles. The molecular formula is C10H17N3. The highest BCUT2D eigenvalue weighted by molar-refractivity contribution is 5.36. The second-order valence-corrected chi connectivity index (χ2v) is 2.96. The molecule has 1 heterocycles. The Morgan fingerprint density at radius 3 is 2.92 bits per heavy atom. The molecule has 0 spiro atoms. The Morgan fingerprint density at radius 1 is 1.46 bits per heavy atom. The summed E-state index contributed by atoms with van der Waals surface area (Å²) in [5.41, 5.74) is 0. The quantitative estimate of drug-likeness (QED) is 0.687. The van der Waals surface area contributed by atoms with Crippen LogP contribution in [0.5, 0.6) is 0 Å². The van der Waals surface area contributed by atoms with Crippen molar-refractivity contribution in [2.45, 2.75) is 6.92 Å². The van der Waals surface area contributed by atoms with Crippen molar-refractivity contribution in [2.24, 2.45) is 0 Å². The molecule has 0 bridgehead atoms. The lowest BCUT2D eigenvalue weighted by molar-refractivity contribution is 0.703. The van der Waals surface area contributed by atoms with E-state index in [-0.39, 0.29) is 0 Å². The molecule has 0 saturated heterocycles. The largest absolute Gasteiger partial charge is 0.358 e. The highest BCUT2D eigenvalue weighted by Crippen LogP contribution is 2.04. The molecule has 3 nitrogen and oxygen atoms in total. The number of nitrogens with zero attached hydrogens (tertiary/aromatic N) is 2. The van der Waals surface area contributed by atoms with Crippen LogP contribution in [0.1, 0.15) is 6.92 Å². The van der Waals surface area contributed by atoms with Gasteiger partial charge >= 0.3 is 0 Å². The predicted molar refractivity (Wildman–Crippen MR) is 56.1 cm³/mol. The van der Waals surface area contributed by atoms with Gasteiger partial charge in [-0.2, -0.15) is 0 Å². The maximum atomic E-state index is 4.26. The fourth-order valence-corrected chi connectivity index (χ4v) is 1.12. The number of aromatic nitrogens is 1. The lowest BCUT2D eigenvalue weighted by Gasteiger charge is -2.17. The molecule has 0 atom stereocenters. The van der Waals surface area contributed by atoms with Gasteiger partial charge in [0, 0.05) is 26.3 Å². The van der Waals surface area contributed by atoms with Crippen molar-refractivity contribution >= 4 is 5.82 Å². The van der Waals surface area contributed by atoms with Gasteiger partial charge in [-0.05, 0) is 18.7 Å². The summed E-state index contributed by atoms with van der Waals surface area (Å²) in [5, 5.41) is 3.28. The van der Waals surface area contributed by atoms with Crippen LogP contribution in [0.3, 0.4) is 0 Å². The van der Waals surface area contributed by atoms with Crippen LogP contribution in [0.2, 0.25) is 0 Å². The van der Waals surface area contributed by atoms with Crippen molar-refractivity contribution in [1.82, 2.24) is 10.3 Å². The number of likely N-dealkylation sites (N-methyl/N-ethyl adjacent to an activating group) is 2. The number of rotatable bonds is 5. The zero-order valence-corrected chi connectivity index (χ0v) is 8.33. The van der Waals surface area contributed by atoms with Gasteiger partial charge in [-0.15, -0.1) is 0 Å². The molecule has 0 aromatic carbocycles. The summed E-state index contributed by atoms with van der Waals surface area (Å²) in [4.78, 5) is 6.40. The van der Waals surface area contributed by atoms with Gasteiger partial charge < -0.3 is 10.2 Å². The van der Waals surface area contributed by atoms with Crippen molar-refractivity contribution in [3.05, 3.63) is 24.4 Å². The van der Waals surface area contributed by atoms with Crippen LogP contribution in [0.15, 0.2) is 24.4 Å². The van der Waals surface area contributed by atoms with Crippen LogP contribution in [-0.2, 0) is 0 Å². The SMILES string of the molecule is CCNCCN(C)c1ccccn1. The van der Waals surface area contributed by atoms with E-state index in [1.807, 2.05) is 24.4 Å². The monoisotopic (exact) mass is 179 g/mol. The third-order valence-electron chi connectivity index (χ3n) is 1.91. The molecule has 1 N–H and O–H groups in total. The van der Waals surface area contributed by atoms with Gasteiger partial charge in [0.15, 0.2) is 0 Å². The molecule has 0 aliphatic rings. The van der Waals surface area contributed by atoms with Crippen LogP contribution in [-0.4, -0.2) is 31.7 Å². The maximum Gasteiger partial charge on any atom is 0.128 e. The number of anilines is 1. The van der Waals surface area contributed by atoms with Gasteiger partial charge in [-0.1, -0.05) is 13.0 Å². The highest BCUT2D eigenvalue weighted by atomic mass is 15.2. The number of hydrogen-bond acceptors (Lipinski definition) is 3.